The molecule has 1 aliphatic heterocycles. The molecule has 1 fully saturated rings. The Morgan fingerprint density at radius 1 is 1.00 bits per heavy atom. The molecule has 0 aliphatic carbocycles. The Balaban J connectivity index is 2.13. The molecule has 1 saturated heterocycles. The first-order valence-corrected chi connectivity index (χ1v) is 9.73. The molecular weight excluding hydrogens is 379 g/mol. The number of rotatable bonds is 3. The molecule has 2 aromatic rings. The number of carbonyl (C=O) groups excluding carboxylic acids is 2. The normalized spacial score (nSPS) is 19.1. The predicted octanol–water partition coefficient (Wildman–Crippen LogP) is 5.52. The average molecular weight is 403 g/mol. The highest BCUT2D eigenvalue weighted by molar-refractivity contribution is 6.30. The molecule has 0 N–H and O–H groups in total. The lowest BCUT2D eigenvalue weighted by Gasteiger charge is -2.43. The van der Waals surface area contributed by atoms with Crippen LogP contribution in [-0.4, -0.2) is 22.8 Å². The van der Waals surface area contributed by atoms with Crippen molar-refractivity contribution in [2.75, 3.05) is 0 Å². The van der Waals surface area contributed by atoms with Gasteiger partial charge in [-0.3, -0.25) is 9.59 Å². The van der Waals surface area contributed by atoms with Gasteiger partial charge in [-0.25, -0.2) is 4.39 Å². The molecule has 148 valence electrons. The monoisotopic (exact) mass is 402 g/mol. The van der Waals surface area contributed by atoms with Crippen molar-refractivity contribution in [2.45, 2.75) is 58.2 Å². The largest absolute Gasteiger partial charge is 0.354 e. The van der Waals surface area contributed by atoms with E-state index in [0.29, 0.717) is 28.1 Å². The Morgan fingerprint density at radius 3 is 2.18 bits per heavy atom. The van der Waals surface area contributed by atoms with Crippen molar-refractivity contribution in [3.63, 3.8) is 0 Å². The van der Waals surface area contributed by atoms with Crippen LogP contribution in [0.2, 0.25) is 5.02 Å². The van der Waals surface area contributed by atoms with Crippen LogP contribution < -0.4 is 0 Å². The first kappa shape index (κ1) is 20.7. The fourth-order valence-corrected chi connectivity index (χ4v) is 4.09. The minimum atomic E-state index is -1.06. The van der Waals surface area contributed by atoms with Crippen molar-refractivity contribution < 1.29 is 18.7 Å². The van der Waals surface area contributed by atoms with Crippen LogP contribution >= 0.6 is 11.6 Å². The van der Waals surface area contributed by atoms with E-state index in [1.165, 1.54) is 12.1 Å². The molecule has 0 bridgehead atoms. The van der Waals surface area contributed by atoms with Crippen molar-refractivity contribution >= 4 is 23.2 Å². The SMILES string of the molecule is CCc1cc(-c2cc(Cl)ccc2F)ccc1C1C(=O)C(C)(C)OC(C)(C)C1=O. The van der Waals surface area contributed by atoms with Gasteiger partial charge >= 0.3 is 0 Å². The van der Waals surface area contributed by atoms with Gasteiger partial charge in [0, 0.05) is 10.6 Å². The van der Waals surface area contributed by atoms with E-state index in [2.05, 4.69) is 0 Å². The highest BCUT2D eigenvalue weighted by Gasteiger charge is 2.53. The quantitative estimate of drug-likeness (QED) is 0.635. The number of ketones is 2. The molecule has 0 unspecified atom stereocenters. The standard InChI is InChI=1S/C23H24ClFO3/c1-6-13-11-14(17-12-15(24)8-10-18(17)25)7-9-16(13)19-20(26)22(2,3)28-23(4,5)21(19)27/h7-12,19H,6H2,1-5H3. The van der Waals surface area contributed by atoms with Gasteiger partial charge < -0.3 is 4.74 Å². The van der Waals surface area contributed by atoms with Crippen LogP contribution in [0.5, 0.6) is 0 Å². The number of Topliss-reactive ketones (excluding diaryl/α,β-unsaturated/α-hetero) is 2. The maximum Gasteiger partial charge on any atom is 0.179 e. The van der Waals surface area contributed by atoms with Gasteiger partial charge in [-0.15, -0.1) is 0 Å². The third kappa shape index (κ3) is 3.51. The molecule has 3 rings (SSSR count). The van der Waals surface area contributed by atoms with Crippen molar-refractivity contribution in [1.29, 1.82) is 0 Å². The molecule has 3 nitrogen and oxygen atoms in total. The Bertz CT molecular complexity index is 936. The van der Waals surface area contributed by atoms with Gasteiger partial charge in [0.15, 0.2) is 11.6 Å². The third-order valence-electron chi connectivity index (χ3n) is 5.30. The summed E-state index contributed by atoms with van der Waals surface area (Å²) in [6.07, 6.45) is 0.601. The Morgan fingerprint density at radius 2 is 1.61 bits per heavy atom. The van der Waals surface area contributed by atoms with Crippen molar-refractivity contribution in [3.05, 3.63) is 58.4 Å². The number of aryl methyl sites for hydroxylation is 1. The maximum atomic E-state index is 14.3. The average Bonchev–Trinajstić information content (AvgIpc) is 2.62. The predicted molar refractivity (Wildman–Crippen MR) is 108 cm³/mol. The number of benzene rings is 2. The number of ether oxygens (including phenoxy) is 1. The summed E-state index contributed by atoms with van der Waals surface area (Å²) in [4.78, 5) is 26.1. The molecule has 0 aromatic heterocycles. The Hall–Kier alpha value is -2.04. The molecule has 0 spiro atoms. The first-order valence-electron chi connectivity index (χ1n) is 9.35. The van der Waals surface area contributed by atoms with Crippen molar-refractivity contribution in [1.82, 2.24) is 0 Å². The zero-order valence-electron chi connectivity index (χ0n) is 16.7. The molecule has 28 heavy (non-hydrogen) atoms. The first-order chi connectivity index (χ1) is 13.0. The lowest BCUT2D eigenvalue weighted by atomic mass is 9.73. The summed E-state index contributed by atoms with van der Waals surface area (Å²) in [5, 5.41) is 0.441. The highest BCUT2D eigenvalue weighted by atomic mass is 35.5. The van der Waals surface area contributed by atoms with Crippen LogP contribution in [0.3, 0.4) is 0 Å². The van der Waals surface area contributed by atoms with Crippen LogP contribution in [0.25, 0.3) is 11.1 Å². The zero-order chi connectivity index (χ0) is 20.9. The molecule has 0 amide bonds. The van der Waals surface area contributed by atoms with E-state index >= 15 is 0 Å². The molecule has 1 aliphatic rings. The zero-order valence-corrected chi connectivity index (χ0v) is 17.5. The minimum absolute atomic E-state index is 0.256. The summed E-state index contributed by atoms with van der Waals surface area (Å²) in [6.45, 7) is 8.72. The summed E-state index contributed by atoms with van der Waals surface area (Å²) in [5.74, 6) is -1.78. The number of carbonyl (C=O) groups is 2. The topological polar surface area (TPSA) is 43.4 Å². The Kier molecular flexibility index (Phi) is 5.24. The number of hydrogen-bond donors (Lipinski definition) is 0. The van der Waals surface area contributed by atoms with E-state index < -0.39 is 17.1 Å². The van der Waals surface area contributed by atoms with Crippen LogP contribution in [0.4, 0.5) is 4.39 Å². The van der Waals surface area contributed by atoms with Crippen molar-refractivity contribution in [2.24, 2.45) is 0 Å². The highest BCUT2D eigenvalue weighted by Crippen LogP contribution is 2.40. The molecule has 1 heterocycles. The summed E-state index contributed by atoms with van der Waals surface area (Å²) in [5.41, 5.74) is 0.408. The number of hydrogen-bond acceptors (Lipinski definition) is 3. The second-order valence-corrected chi connectivity index (χ2v) is 8.61. The molecule has 0 saturated carbocycles. The van der Waals surface area contributed by atoms with Gasteiger partial charge in [-0.05, 0) is 69.0 Å². The summed E-state index contributed by atoms with van der Waals surface area (Å²) < 4.78 is 20.1. The molecule has 0 atom stereocenters. The van der Waals surface area contributed by atoms with Gasteiger partial charge in [0.2, 0.25) is 0 Å². The summed E-state index contributed by atoms with van der Waals surface area (Å²) in [7, 11) is 0. The minimum Gasteiger partial charge on any atom is -0.354 e. The fourth-order valence-electron chi connectivity index (χ4n) is 3.92. The van der Waals surface area contributed by atoms with E-state index in [1.54, 1.807) is 45.9 Å². The van der Waals surface area contributed by atoms with E-state index in [0.717, 1.165) is 5.56 Å². The van der Waals surface area contributed by atoms with Crippen molar-refractivity contribution in [3.8, 4) is 11.1 Å². The number of halogens is 2. The molecule has 5 heteroatoms. The van der Waals surface area contributed by atoms with E-state index in [-0.39, 0.29) is 17.4 Å². The van der Waals surface area contributed by atoms with Gasteiger partial charge in [-0.1, -0.05) is 36.7 Å². The summed E-state index contributed by atoms with van der Waals surface area (Å²) >= 11 is 6.02. The van der Waals surface area contributed by atoms with Gasteiger partial charge in [0.1, 0.15) is 22.9 Å². The van der Waals surface area contributed by atoms with Crippen LogP contribution in [-0.2, 0) is 20.7 Å². The fraction of sp³-hybridized carbons (Fsp3) is 0.391. The van der Waals surface area contributed by atoms with Gasteiger partial charge in [0.05, 0.1) is 0 Å². The molecule has 2 aromatic carbocycles. The smallest absolute Gasteiger partial charge is 0.179 e. The van der Waals surface area contributed by atoms with E-state index in [9.17, 15) is 14.0 Å². The lowest BCUT2D eigenvalue weighted by molar-refractivity contribution is -0.184. The van der Waals surface area contributed by atoms with Gasteiger partial charge in [0.25, 0.3) is 0 Å². The molecule has 0 radical (unpaired) electrons. The second-order valence-electron chi connectivity index (χ2n) is 8.18. The van der Waals surface area contributed by atoms with Gasteiger partial charge in [-0.2, -0.15) is 0 Å². The van der Waals surface area contributed by atoms with Crippen LogP contribution in [0.1, 0.15) is 51.7 Å². The van der Waals surface area contributed by atoms with Crippen LogP contribution in [0, 0.1) is 5.82 Å². The van der Waals surface area contributed by atoms with E-state index in [4.69, 9.17) is 16.3 Å². The Labute approximate surface area is 169 Å². The summed E-state index contributed by atoms with van der Waals surface area (Å²) in [6, 6.07) is 9.72. The maximum absolute atomic E-state index is 14.3. The molecular formula is C23H24ClFO3. The van der Waals surface area contributed by atoms with Crippen LogP contribution in [0.15, 0.2) is 36.4 Å². The van der Waals surface area contributed by atoms with E-state index in [1.807, 2.05) is 13.0 Å². The lowest BCUT2D eigenvalue weighted by Crippen LogP contribution is -2.58. The second kappa shape index (κ2) is 7.09. The third-order valence-corrected chi connectivity index (χ3v) is 5.53.